The number of aromatic nitrogens is 3. The van der Waals surface area contributed by atoms with Crippen molar-refractivity contribution in [2.45, 2.75) is 31.9 Å². The maximum absolute atomic E-state index is 14.0. The highest BCUT2D eigenvalue weighted by atomic mass is 35.5. The quantitative estimate of drug-likeness (QED) is 0.346. The van der Waals surface area contributed by atoms with Gasteiger partial charge in [-0.3, -0.25) is 4.90 Å². The molecule has 1 saturated heterocycles. The number of halogens is 2. The number of ether oxygens (including phenoxy) is 1. The number of benzene rings is 2. The van der Waals surface area contributed by atoms with Crippen molar-refractivity contribution in [1.29, 1.82) is 0 Å². The summed E-state index contributed by atoms with van der Waals surface area (Å²) in [5.74, 6) is -0.418. The Bertz CT molecular complexity index is 1470. The monoisotopic (exact) mass is 524 g/mol. The fourth-order valence-corrected chi connectivity index (χ4v) is 4.88. The van der Waals surface area contributed by atoms with Crippen LogP contribution in [0.4, 0.5) is 4.39 Å². The van der Waals surface area contributed by atoms with E-state index in [0.29, 0.717) is 34.0 Å². The number of rotatable bonds is 7. The predicted molar refractivity (Wildman–Crippen MR) is 137 cm³/mol. The number of nitrogens with zero attached hydrogens (tertiary/aromatic N) is 4. The SMILES string of the molecule is Cn1c(CN2CCC(c3cccc(OCc4ccc(Cl)cc4F)n3)CC2)nc2c(O)c(C(=O)O)ccc21. The fourth-order valence-electron chi connectivity index (χ4n) is 4.72. The molecule has 0 unspecified atom stereocenters. The minimum Gasteiger partial charge on any atom is -0.505 e. The third kappa shape index (κ3) is 5.23. The molecule has 37 heavy (non-hydrogen) atoms. The van der Waals surface area contributed by atoms with Crippen molar-refractivity contribution in [3.8, 4) is 11.6 Å². The predicted octanol–water partition coefficient (Wildman–Crippen LogP) is 5.12. The summed E-state index contributed by atoms with van der Waals surface area (Å²) < 4.78 is 21.7. The van der Waals surface area contributed by atoms with Gasteiger partial charge in [-0.15, -0.1) is 0 Å². The largest absolute Gasteiger partial charge is 0.505 e. The molecule has 0 aliphatic carbocycles. The highest BCUT2D eigenvalue weighted by Crippen LogP contribution is 2.31. The van der Waals surface area contributed by atoms with Gasteiger partial charge in [0.15, 0.2) is 5.75 Å². The highest BCUT2D eigenvalue weighted by molar-refractivity contribution is 6.30. The zero-order valence-corrected chi connectivity index (χ0v) is 21.0. The van der Waals surface area contributed by atoms with Crippen LogP contribution in [0.1, 0.15) is 46.2 Å². The minimum atomic E-state index is -1.19. The molecule has 0 amide bonds. The van der Waals surface area contributed by atoms with E-state index in [0.717, 1.165) is 37.4 Å². The number of hydrogen-bond acceptors (Lipinski definition) is 6. The van der Waals surface area contributed by atoms with E-state index in [2.05, 4.69) is 14.9 Å². The first-order valence-corrected chi connectivity index (χ1v) is 12.3. The van der Waals surface area contributed by atoms with Gasteiger partial charge in [0.1, 0.15) is 29.3 Å². The maximum Gasteiger partial charge on any atom is 0.339 e. The third-order valence-corrected chi connectivity index (χ3v) is 7.09. The third-order valence-electron chi connectivity index (χ3n) is 6.86. The highest BCUT2D eigenvalue weighted by Gasteiger charge is 2.24. The summed E-state index contributed by atoms with van der Waals surface area (Å²) >= 11 is 5.81. The number of pyridine rings is 1. The molecular formula is C27H26ClFN4O4. The van der Waals surface area contributed by atoms with Gasteiger partial charge >= 0.3 is 5.97 Å². The molecule has 2 aromatic carbocycles. The lowest BCUT2D eigenvalue weighted by molar-refractivity contribution is 0.0694. The molecular weight excluding hydrogens is 499 g/mol. The van der Waals surface area contributed by atoms with Crippen molar-refractivity contribution in [2.24, 2.45) is 7.05 Å². The molecule has 4 aromatic rings. The molecule has 2 aromatic heterocycles. The van der Waals surface area contributed by atoms with E-state index >= 15 is 0 Å². The van der Waals surface area contributed by atoms with E-state index in [1.807, 2.05) is 23.7 Å². The lowest BCUT2D eigenvalue weighted by Crippen LogP contribution is -2.33. The van der Waals surface area contributed by atoms with Crippen LogP contribution in [0.15, 0.2) is 48.5 Å². The van der Waals surface area contributed by atoms with Crippen LogP contribution in [-0.2, 0) is 20.2 Å². The Morgan fingerprint density at radius 1 is 1.16 bits per heavy atom. The number of carbonyl (C=O) groups is 1. The standard InChI is InChI=1S/C27H26ClFN4O4/c1-32-22-8-7-19(27(35)36)26(34)25(22)31-23(32)14-33-11-9-16(10-12-33)21-3-2-4-24(30-21)37-15-17-5-6-18(28)13-20(17)29/h2-8,13,16,34H,9-12,14-15H2,1H3,(H,35,36). The van der Waals surface area contributed by atoms with E-state index in [1.54, 1.807) is 24.3 Å². The smallest absolute Gasteiger partial charge is 0.339 e. The van der Waals surface area contributed by atoms with Gasteiger partial charge in [0.2, 0.25) is 5.88 Å². The van der Waals surface area contributed by atoms with Crippen molar-refractivity contribution in [1.82, 2.24) is 19.4 Å². The summed E-state index contributed by atoms with van der Waals surface area (Å²) in [7, 11) is 1.86. The lowest BCUT2D eigenvalue weighted by Gasteiger charge is -2.31. The number of fused-ring (bicyclic) bond motifs is 1. The van der Waals surface area contributed by atoms with E-state index in [1.165, 1.54) is 12.1 Å². The summed E-state index contributed by atoms with van der Waals surface area (Å²) in [6.07, 6.45) is 1.81. The lowest BCUT2D eigenvalue weighted by atomic mass is 9.93. The molecule has 8 nitrogen and oxygen atoms in total. The first-order chi connectivity index (χ1) is 17.8. The number of piperidine rings is 1. The van der Waals surface area contributed by atoms with Gasteiger partial charge in [-0.25, -0.2) is 19.2 Å². The van der Waals surface area contributed by atoms with Crippen molar-refractivity contribution >= 4 is 28.6 Å². The number of carboxylic acid groups (broad SMARTS) is 1. The molecule has 2 N–H and O–H groups in total. The second-order valence-electron chi connectivity index (χ2n) is 9.20. The van der Waals surface area contributed by atoms with Gasteiger partial charge in [-0.05, 0) is 56.3 Å². The average Bonchev–Trinajstić information content (AvgIpc) is 3.20. The second-order valence-corrected chi connectivity index (χ2v) is 9.63. The van der Waals surface area contributed by atoms with Crippen LogP contribution in [0, 0.1) is 5.82 Å². The molecule has 0 bridgehead atoms. The number of likely N-dealkylation sites (tertiary alicyclic amines) is 1. The Morgan fingerprint density at radius 2 is 1.95 bits per heavy atom. The van der Waals surface area contributed by atoms with E-state index in [-0.39, 0.29) is 23.8 Å². The Balaban J connectivity index is 1.21. The average molecular weight is 525 g/mol. The number of imidazole rings is 1. The molecule has 0 atom stereocenters. The summed E-state index contributed by atoms with van der Waals surface area (Å²) in [4.78, 5) is 22.8. The van der Waals surface area contributed by atoms with Gasteiger partial charge < -0.3 is 19.5 Å². The Kier molecular flexibility index (Phi) is 6.99. The summed E-state index contributed by atoms with van der Waals surface area (Å²) in [6, 6.07) is 13.2. The van der Waals surface area contributed by atoms with Crippen LogP contribution in [0.25, 0.3) is 11.0 Å². The molecule has 5 rings (SSSR count). The molecule has 1 fully saturated rings. The second kappa shape index (κ2) is 10.4. The van der Waals surface area contributed by atoms with Gasteiger partial charge in [0.05, 0.1) is 12.1 Å². The molecule has 0 radical (unpaired) electrons. The van der Waals surface area contributed by atoms with Crippen LogP contribution in [-0.4, -0.2) is 48.7 Å². The van der Waals surface area contributed by atoms with Crippen molar-refractivity contribution < 1.29 is 24.1 Å². The summed E-state index contributed by atoms with van der Waals surface area (Å²) in [6.45, 7) is 2.33. The first-order valence-electron chi connectivity index (χ1n) is 12.0. The van der Waals surface area contributed by atoms with Crippen molar-refractivity contribution in [3.05, 3.63) is 82.0 Å². The van der Waals surface area contributed by atoms with Gasteiger partial charge in [-0.1, -0.05) is 23.7 Å². The minimum absolute atomic E-state index is 0.0689. The van der Waals surface area contributed by atoms with Gasteiger partial charge in [0, 0.05) is 35.3 Å². The van der Waals surface area contributed by atoms with Crippen LogP contribution in [0.5, 0.6) is 11.6 Å². The topological polar surface area (TPSA) is 101 Å². The number of aryl methyl sites for hydroxylation is 1. The number of hydrogen-bond donors (Lipinski definition) is 2. The van der Waals surface area contributed by atoms with Crippen LogP contribution in [0.3, 0.4) is 0 Å². The number of aromatic carboxylic acids is 1. The molecule has 0 spiro atoms. The van der Waals surface area contributed by atoms with E-state index in [9.17, 15) is 19.4 Å². The van der Waals surface area contributed by atoms with Gasteiger partial charge in [-0.2, -0.15) is 0 Å². The Morgan fingerprint density at radius 3 is 2.68 bits per heavy atom. The number of phenols is 1. The first kappa shape index (κ1) is 25.0. The summed E-state index contributed by atoms with van der Waals surface area (Å²) in [5, 5.41) is 20.0. The van der Waals surface area contributed by atoms with Crippen LogP contribution < -0.4 is 4.74 Å². The Labute approximate surface area is 217 Å². The maximum atomic E-state index is 14.0. The van der Waals surface area contributed by atoms with Crippen molar-refractivity contribution in [2.75, 3.05) is 13.1 Å². The van der Waals surface area contributed by atoms with E-state index in [4.69, 9.17) is 16.3 Å². The molecule has 0 saturated carbocycles. The number of carboxylic acids is 1. The molecule has 192 valence electrons. The van der Waals surface area contributed by atoms with Crippen LogP contribution >= 0.6 is 11.6 Å². The van der Waals surface area contributed by atoms with Crippen molar-refractivity contribution in [3.63, 3.8) is 0 Å². The molecule has 1 aliphatic rings. The number of aromatic hydroxyl groups is 1. The summed E-state index contributed by atoms with van der Waals surface area (Å²) in [5.41, 5.74) is 2.19. The molecule has 1 aliphatic heterocycles. The fraction of sp³-hybridized carbons (Fsp3) is 0.296. The molecule has 10 heteroatoms. The van der Waals surface area contributed by atoms with E-state index < -0.39 is 11.8 Å². The zero-order valence-electron chi connectivity index (χ0n) is 20.2. The molecule has 3 heterocycles. The zero-order chi connectivity index (χ0) is 26.1. The Hall–Kier alpha value is -3.69. The van der Waals surface area contributed by atoms with Gasteiger partial charge in [0.25, 0.3) is 0 Å². The normalized spacial score (nSPS) is 14.8. The van der Waals surface area contributed by atoms with Crippen LogP contribution in [0.2, 0.25) is 5.02 Å².